The van der Waals surface area contributed by atoms with Gasteiger partial charge in [0.25, 0.3) is 0 Å². The van der Waals surface area contributed by atoms with Crippen molar-refractivity contribution in [3.8, 4) is 10.6 Å². The second-order valence-corrected chi connectivity index (χ2v) is 5.26. The number of aromatic nitrogens is 1. The molecule has 0 fully saturated rings. The van der Waals surface area contributed by atoms with Gasteiger partial charge in [-0.1, -0.05) is 19.1 Å². The average molecular weight is 300 g/mol. The van der Waals surface area contributed by atoms with Crippen LogP contribution in [0.15, 0.2) is 23.6 Å². The predicted molar refractivity (Wildman–Crippen MR) is 77.0 cm³/mol. The van der Waals surface area contributed by atoms with E-state index >= 15 is 0 Å². The van der Waals surface area contributed by atoms with Gasteiger partial charge in [-0.2, -0.15) is 0 Å². The van der Waals surface area contributed by atoms with Gasteiger partial charge in [-0.15, -0.1) is 22.9 Å². The number of halogens is 2. The fourth-order valence-corrected chi connectivity index (χ4v) is 2.67. The van der Waals surface area contributed by atoms with Crippen molar-refractivity contribution in [1.29, 1.82) is 0 Å². The van der Waals surface area contributed by atoms with E-state index in [1.54, 1.807) is 6.07 Å². The number of alkyl halides is 1. The van der Waals surface area contributed by atoms with Gasteiger partial charge in [-0.25, -0.2) is 9.37 Å². The number of nitrogens with zero attached hydrogens (tertiary/aromatic N) is 1. The quantitative estimate of drug-likeness (QED) is 0.574. The van der Waals surface area contributed by atoms with Crippen molar-refractivity contribution in [3.05, 3.63) is 40.7 Å². The van der Waals surface area contributed by atoms with Gasteiger partial charge in [0.2, 0.25) is 0 Å². The predicted octanol–water partition coefficient (Wildman–Crippen LogP) is 4.61. The van der Waals surface area contributed by atoms with Crippen LogP contribution in [0.5, 0.6) is 0 Å². The standard InChI is InChI=1S/C14H15ClFNOS/c1-2-5-18-8-11-4-3-10(6-13(11)16)14-17-12(7-15)9-19-14/h3-4,6,9H,2,5,7-8H2,1H3. The molecule has 5 heteroatoms. The zero-order chi connectivity index (χ0) is 13.7. The van der Waals surface area contributed by atoms with Gasteiger partial charge in [0.05, 0.1) is 18.2 Å². The first kappa shape index (κ1) is 14.4. The van der Waals surface area contributed by atoms with Crippen LogP contribution in [-0.2, 0) is 17.2 Å². The molecule has 2 nitrogen and oxygen atoms in total. The number of ether oxygens (including phenoxy) is 1. The van der Waals surface area contributed by atoms with Crippen LogP contribution in [0.3, 0.4) is 0 Å². The molecule has 0 aliphatic carbocycles. The Bertz CT molecular complexity index is 544. The lowest BCUT2D eigenvalue weighted by Gasteiger charge is -2.05. The SMILES string of the molecule is CCCOCc1ccc(-c2nc(CCl)cs2)cc1F. The van der Waals surface area contributed by atoms with Crippen molar-refractivity contribution in [2.45, 2.75) is 25.8 Å². The molecule has 19 heavy (non-hydrogen) atoms. The normalized spacial score (nSPS) is 10.9. The van der Waals surface area contributed by atoms with Crippen LogP contribution in [0, 0.1) is 5.82 Å². The van der Waals surface area contributed by atoms with Crippen LogP contribution in [0.1, 0.15) is 24.6 Å². The lowest BCUT2D eigenvalue weighted by molar-refractivity contribution is 0.119. The Kier molecular flexibility index (Phi) is 5.31. The molecule has 2 aromatic rings. The summed E-state index contributed by atoms with van der Waals surface area (Å²) < 4.78 is 19.3. The molecule has 0 unspecified atom stereocenters. The van der Waals surface area contributed by atoms with Gasteiger partial charge in [0, 0.05) is 23.1 Å². The Morgan fingerprint density at radius 3 is 2.89 bits per heavy atom. The van der Waals surface area contributed by atoms with Gasteiger partial charge in [0.1, 0.15) is 10.8 Å². The molecular formula is C14H15ClFNOS. The molecule has 1 aromatic heterocycles. The van der Waals surface area contributed by atoms with Crippen LogP contribution in [0.2, 0.25) is 0 Å². The van der Waals surface area contributed by atoms with E-state index < -0.39 is 0 Å². The molecule has 102 valence electrons. The lowest BCUT2D eigenvalue weighted by Crippen LogP contribution is -1.97. The van der Waals surface area contributed by atoms with Crippen LogP contribution in [0.4, 0.5) is 4.39 Å². The Morgan fingerprint density at radius 1 is 1.42 bits per heavy atom. The summed E-state index contributed by atoms with van der Waals surface area (Å²) in [6, 6.07) is 5.12. The van der Waals surface area contributed by atoms with Crippen LogP contribution >= 0.6 is 22.9 Å². The van der Waals surface area contributed by atoms with E-state index in [0.717, 1.165) is 22.7 Å². The molecule has 0 amide bonds. The fourth-order valence-electron chi connectivity index (χ4n) is 1.62. The first-order valence-corrected chi connectivity index (χ1v) is 7.53. The maximum Gasteiger partial charge on any atom is 0.129 e. The zero-order valence-corrected chi connectivity index (χ0v) is 12.2. The van der Waals surface area contributed by atoms with Crippen molar-refractivity contribution >= 4 is 22.9 Å². The maximum absolute atomic E-state index is 13.9. The van der Waals surface area contributed by atoms with Crippen LogP contribution in [0.25, 0.3) is 10.6 Å². The summed E-state index contributed by atoms with van der Waals surface area (Å²) in [5.74, 6) is 0.123. The summed E-state index contributed by atoms with van der Waals surface area (Å²) in [5.41, 5.74) is 2.17. The molecule has 2 rings (SSSR count). The van der Waals surface area contributed by atoms with Crippen LogP contribution in [-0.4, -0.2) is 11.6 Å². The molecule has 0 aliphatic rings. The smallest absolute Gasteiger partial charge is 0.129 e. The van der Waals surface area contributed by atoms with E-state index in [1.807, 2.05) is 18.4 Å². The number of thiazole rings is 1. The van der Waals surface area contributed by atoms with Gasteiger partial charge in [-0.05, 0) is 12.5 Å². The Morgan fingerprint density at radius 2 is 2.26 bits per heavy atom. The van der Waals surface area contributed by atoms with Gasteiger partial charge in [-0.3, -0.25) is 0 Å². The first-order chi connectivity index (χ1) is 9.24. The average Bonchev–Trinajstić information content (AvgIpc) is 2.89. The molecule has 1 aromatic carbocycles. The van der Waals surface area contributed by atoms with Crippen molar-refractivity contribution in [3.63, 3.8) is 0 Å². The van der Waals surface area contributed by atoms with Crippen molar-refractivity contribution in [2.24, 2.45) is 0 Å². The Hall–Kier alpha value is -0.970. The second-order valence-electron chi connectivity index (χ2n) is 4.14. The summed E-state index contributed by atoms with van der Waals surface area (Å²) in [6.45, 7) is 2.98. The summed E-state index contributed by atoms with van der Waals surface area (Å²) in [5, 5.41) is 2.67. The largest absolute Gasteiger partial charge is 0.377 e. The first-order valence-electron chi connectivity index (χ1n) is 6.11. The molecule has 0 saturated heterocycles. The highest BCUT2D eigenvalue weighted by Crippen LogP contribution is 2.26. The molecular weight excluding hydrogens is 285 g/mol. The summed E-state index contributed by atoms with van der Waals surface area (Å²) in [7, 11) is 0. The van der Waals surface area contributed by atoms with E-state index in [0.29, 0.717) is 24.7 Å². The van der Waals surface area contributed by atoms with Gasteiger partial charge < -0.3 is 4.74 Å². The highest BCUT2D eigenvalue weighted by atomic mass is 35.5. The van der Waals surface area contributed by atoms with Gasteiger partial charge in [0.15, 0.2) is 0 Å². The third-order valence-electron chi connectivity index (χ3n) is 2.59. The van der Waals surface area contributed by atoms with Crippen molar-refractivity contribution < 1.29 is 9.13 Å². The highest BCUT2D eigenvalue weighted by Gasteiger charge is 2.08. The van der Waals surface area contributed by atoms with Crippen molar-refractivity contribution in [2.75, 3.05) is 6.61 Å². The monoisotopic (exact) mass is 299 g/mol. The molecule has 0 spiro atoms. The minimum atomic E-state index is -0.253. The minimum absolute atomic E-state index is 0.253. The zero-order valence-electron chi connectivity index (χ0n) is 10.7. The fraction of sp³-hybridized carbons (Fsp3) is 0.357. The molecule has 0 bridgehead atoms. The van der Waals surface area contributed by atoms with E-state index in [2.05, 4.69) is 4.98 Å². The third kappa shape index (κ3) is 3.75. The van der Waals surface area contributed by atoms with E-state index in [4.69, 9.17) is 16.3 Å². The molecule has 0 atom stereocenters. The summed E-state index contributed by atoms with van der Waals surface area (Å²) >= 11 is 7.18. The maximum atomic E-state index is 13.9. The summed E-state index contributed by atoms with van der Waals surface area (Å²) in [6.07, 6.45) is 0.931. The highest BCUT2D eigenvalue weighted by molar-refractivity contribution is 7.13. The summed E-state index contributed by atoms with van der Waals surface area (Å²) in [4.78, 5) is 4.33. The van der Waals surface area contributed by atoms with Crippen molar-refractivity contribution in [1.82, 2.24) is 4.98 Å². The number of hydrogen-bond acceptors (Lipinski definition) is 3. The molecule has 0 N–H and O–H groups in total. The number of rotatable bonds is 6. The lowest BCUT2D eigenvalue weighted by atomic mass is 10.1. The minimum Gasteiger partial charge on any atom is -0.377 e. The van der Waals surface area contributed by atoms with E-state index in [-0.39, 0.29) is 5.82 Å². The second kappa shape index (κ2) is 6.98. The van der Waals surface area contributed by atoms with Crippen LogP contribution < -0.4 is 0 Å². The number of benzene rings is 1. The van der Waals surface area contributed by atoms with E-state index in [1.165, 1.54) is 17.4 Å². The topological polar surface area (TPSA) is 22.1 Å². The molecule has 0 aliphatic heterocycles. The molecule has 0 radical (unpaired) electrons. The van der Waals surface area contributed by atoms with E-state index in [9.17, 15) is 4.39 Å². The number of hydrogen-bond donors (Lipinski definition) is 0. The molecule has 1 heterocycles. The molecule has 0 saturated carbocycles. The third-order valence-corrected chi connectivity index (χ3v) is 3.81. The Balaban J connectivity index is 2.13. The van der Waals surface area contributed by atoms with Gasteiger partial charge >= 0.3 is 0 Å². The Labute approximate surface area is 121 Å².